The number of aryl methyl sites for hydroxylation is 3. The topological polar surface area (TPSA) is 66.9 Å². The molecular formula is C22H24N4OS. The molecule has 0 radical (unpaired) electrons. The zero-order chi connectivity index (χ0) is 19.1. The van der Waals surface area contributed by atoms with Gasteiger partial charge in [-0.05, 0) is 79.7 Å². The van der Waals surface area contributed by atoms with Crippen molar-refractivity contribution < 1.29 is 4.79 Å². The van der Waals surface area contributed by atoms with Crippen molar-refractivity contribution in [2.45, 2.75) is 57.5 Å². The largest absolute Gasteiger partial charge is 0.366 e. The zero-order valence-electron chi connectivity index (χ0n) is 16.0. The van der Waals surface area contributed by atoms with E-state index < -0.39 is 0 Å². The Kier molecular flexibility index (Phi) is 4.51. The first-order valence-electron chi connectivity index (χ1n) is 10.1. The molecule has 2 N–H and O–H groups in total. The van der Waals surface area contributed by atoms with Crippen LogP contribution in [0.15, 0.2) is 29.9 Å². The molecule has 28 heavy (non-hydrogen) atoms. The van der Waals surface area contributed by atoms with Gasteiger partial charge < -0.3 is 10.6 Å². The van der Waals surface area contributed by atoms with Crippen LogP contribution >= 0.6 is 11.3 Å². The molecule has 2 fully saturated rings. The molecule has 144 valence electrons. The summed E-state index contributed by atoms with van der Waals surface area (Å²) in [6, 6.07) is 7.00. The van der Waals surface area contributed by atoms with Crippen molar-refractivity contribution in [3.8, 4) is 0 Å². The molecule has 2 aliphatic rings. The Balaban J connectivity index is 1.33. The SMILES string of the molecule is Cc1ccc(C(=O)NC2CC2)cc1CCc1csc2c(NC3CC3)ncnc12. The predicted octanol–water partition coefficient (Wildman–Crippen LogP) is 4.25. The summed E-state index contributed by atoms with van der Waals surface area (Å²) < 4.78 is 1.15. The van der Waals surface area contributed by atoms with Crippen LogP contribution in [-0.4, -0.2) is 28.0 Å². The highest BCUT2D eigenvalue weighted by atomic mass is 32.1. The van der Waals surface area contributed by atoms with Gasteiger partial charge in [0, 0.05) is 17.6 Å². The number of nitrogens with zero attached hydrogens (tertiary/aromatic N) is 2. The fraction of sp³-hybridized carbons (Fsp3) is 0.409. The van der Waals surface area contributed by atoms with Gasteiger partial charge in [-0.25, -0.2) is 9.97 Å². The molecule has 0 spiro atoms. The van der Waals surface area contributed by atoms with E-state index in [1.807, 2.05) is 6.07 Å². The van der Waals surface area contributed by atoms with Crippen LogP contribution < -0.4 is 10.6 Å². The molecule has 2 aliphatic carbocycles. The molecular weight excluding hydrogens is 368 g/mol. The first kappa shape index (κ1) is 17.6. The van der Waals surface area contributed by atoms with E-state index in [-0.39, 0.29) is 5.91 Å². The maximum Gasteiger partial charge on any atom is 0.251 e. The molecule has 1 aromatic carbocycles. The number of benzene rings is 1. The highest BCUT2D eigenvalue weighted by Crippen LogP contribution is 2.33. The second kappa shape index (κ2) is 7.17. The van der Waals surface area contributed by atoms with Gasteiger partial charge in [0.15, 0.2) is 0 Å². The Bertz CT molecular complexity index is 1040. The fourth-order valence-corrected chi connectivity index (χ4v) is 4.46. The lowest BCUT2D eigenvalue weighted by atomic mass is 9.98. The van der Waals surface area contributed by atoms with E-state index in [0.717, 1.165) is 47.3 Å². The molecule has 1 amide bonds. The van der Waals surface area contributed by atoms with Gasteiger partial charge in [-0.3, -0.25) is 4.79 Å². The number of anilines is 1. The van der Waals surface area contributed by atoms with Crippen molar-refractivity contribution in [2.75, 3.05) is 5.32 Å². The van der Waals surface area contributed by atoms with E-state index in [2.05, 4.69) is 45.0 Å². The maximum absolute atomic E-state index is 12.4. The lowest BCUT2D eigenvalue weighted by Crippen LogP contribution is -2.25. The Morgan fingerprint density at radius 3 is 2.68 bits per heavy atom. The van der Waals surface area contributed by atoms with Gasteiger partial charge >= 0.3 is 0 Å². The summed E-state index contributed by atoms with van der Waals surface area (Å²) in [5, 5.41) is 8.79. The van der Waals surface area contributed by atoms with Crippen molar-refractivity contribution in [3.05, 3.63) is 52.2 Å². The highest BCUT2D eigenvalue weighted by Gasteiger charge is 2.24. The Morgan fingerprint density at radius 1 is 1.11 bits per heavy atom. The highest BCUT2D eigenvalue weighted by molar-refractivity contribution is 7.18. The normalized spacial score (nSPS) is 16.3. The van der Waals surface area contributed by atoms with Gasteiger partial charge in [-0.1, -0.05) is 6.07 Å². The second-order valence-corrected chi connectivity index (χ2v) is 8.85. The second-order valence-electron chi connectivity index (χ2n) is 7.97. The predicted molar refractivity (Wildman–Crippen MR) is 113 cm³/mol. The van der Waals surface area contributed by atoms with Crippen LogP contribution in [0.4, 0.5) is 5.82 Å². The molecule has 2 aromatic heterocycles. The van der Waals surface area contributed by atoms with E-state index in [4.69, 9.17) is 0 Å². The number of hydrogen-bond acceptors (Lipinski definition) is 5. The van der Waals surface area contributed by atoms with Crippen molar-refractivity contribution in [2.24, 2.45) is 0 Å². The maximum atomic E-state index is 12.4. The van der Waals surface area contributed by atoms with E-state index in [1.165, 1.54) is 29.5 Å². The van der Waals surface area contributed by atoms with Gasteiger partial charge in [0.05, 0.1) is 10.2 Å². The van der Waals surface area contributed by atoms with E-state index >= 15 is 0 Å². The van der Waals surface area contributed by atoms with Crippen LogP contribution in [0.5, 0.6) is 0 Å². The molecule has 0 saturated heterocycles. The van der Waals surface area contributed by atoms with Crippen LogP contribution in [0.25, 0.3) is 10.2 Å². The monoisotopic (exact) mass is 392 g/mol. The van der Waals surface area contributed by atoms with Crippen molar-refractivity contribution in [1.82, 2.24) is 15.3 Å². The Labute approximate surface area is 168 Å². The molecule has 3 aromatic rings. The average Bonchev–Trinajstić information content (AvgIpc) is 3.62. The number of fused-ring (bicyclic) bond motifs is 1. The lowest BCUT2D eigenvalue weighted by Gasteiger charge is -2.09. The quantitative estimate of drug-likeness (QED) is 0.631. The van der Waals surface area contributed by atoms with Gasteiger partial charge in [0.2, 0.25) is 0 Å². The van der Waals surface area contributed by atoms with E-state index in [9.17, 15) is 4.79 Å². The number of nitrogens with one attached hydrogen (secondary N) is 2. The fourth-order valence-electron chi connectivity index (χ4n) is 3.45. The van der Waals surface area contributed by atoms with Crippen LogP contribution in [0.3, 0.4) is 0 Å². The van der Waals surface area contributed by atoms with Gasteiger partial charge in [-0.15, -0.1) is 11.3 Å². The Hall–Kier alpha value is -2.47. The minimum Gasteiger partial charge on any atom is -0.366 e. The summed E-state index contributed by atoms with van der Waals surface area (Å²) in [5.74, 6) is 1.02. The summed E-state index contributed by atoms with van der Waals surface area (Å²) in [6.07, 6.45) is 8.15. The molecule has 0 unspecified atom stereocenters. The standard InChI is InChI=1S/C22H24N4OS/c1-13-2-3-15(22(27)26-18-8-9-18)10-14(13)4-5-16-11-28-20-19(16)23-12-24-21(20)25-17-6-7-17/h2-3,10-12,17-18H,4-9H2,1H3,(H,26,27)(H,23,24,25). The number of amides is 1. The van der Waals surface area contributed by atoms with E-state index in [1.54, 1.807) is 17.7 Å². The third kappa shape index (κ3) is 3.74. The minimum absolute atomic E-state index is 0.0493. The number of carbonyl (C=O) groups excluding carboxylic acids is 1. The smallest absolute Gasteiger partial charge is 0.251 e. The third-order valence-corrected chi connectivity index (χ3v) is 6.56. The average molecular weight is 393 g/mol. The van der Waals surface area contributed by atoms with Crippen molar-refractivity contribution >= 4 is 33.3 Å². The van der Waals surface area contributed by atoms with Gasteiger partial charge in [0.1, 0.15) is 12.1 Å². The summed E-state index contributed by atoms with van der Waals surface area (Å²) in [5.41, 5.74) is 5.54. The molecule has 5 rings (SSSR count). The van der Waals surface area contributed by atoms with Crippen LogP contribution in [0, 0.1) is 6.92 Å². The molecule has 2 saturated carbocycles. The van der Waals surface area contributed by atoms with Crippen LogP contribution in [0.1, 0.15) is 52.7 Å². The number of carbonyl (C=O) groups is 1. The Morgan fingerprint density at radius 2 is 1.89 bits per heavy atom. The molecule has 0 atom stereocenters. The van der Waals surface area contributed by atoms with Crippen molar-refractivity contribution in [1.29, 1.82) is 0 Å². The van der Waals surface area contributed by atoms with Gasteiger partial charge in [-0.2, -0.15) is 0 Å². The molecule has 0 aliphatic heterocycles. The molecule has 5 nitrogen and oxygen atoms in total. The first-order chi connectivity index (χ1) is 13.7. The number of hydrogen-bond donors (Lipinski definition) is 2. The molecule has 2 heterocycles. The molecule has 6 heteroatoms. The van der Waals surface area contributed by atoms with Crippen molar-refractivity contribution in [3.63, 3.8) is 0 Å². The number of rotatable bonds is 7. The summed E-state index contributed by atoms with van der Waals surface area (Å²) in [7, 11) is 0. The van der Waals surface area contributed by atoms with E-state index in [0.29, 0.717) is 12.1 Å². The number of thiophene rings is 1. The first-order valence-corrected chi connectivity index (χ1v) is 10.9. The summed E-state index contributed by atoms with van der Waals surface area (Å²) in [4.78, 5) is 21.3. The number of aromatic nitrogens is 2. The van der Waals surface area contributed by atoms with Crippen LogP contribution in [-0.2, 0) is 12.8 Å². The molecule has 0 bridgehead atoms. The lowest BCUT2D eigenvalue weighted by molar-refractivity contribution is 0.0951. The minimum atomic E-state index is 0.0493. The third-order valence-electron chi connectivity index (χ3n) is 5.53. The summed E-state index contributed by atoms with van der Waals surface area (Å²) >= 11 is 1.72. The van der Waals surface area contributed by atoms with Gasteiger partial charge in [0.25, 0.3) is 5.91 Å². The van der Waals surface area contributed by atoms with Crippen LogP contribution in [0.2, 0.25) is 0 Å². The summed E-state index contributed by atoms with van der Waals surface area (Å²) in [6.45, 7) is 2.11. The zero-order valence-corrected chi connectivity index (χ0v) is 16.8.